The van der Waals surface area contributed by atoms with Crippen LogP contribution in [0.2, 0.25) is 0 Å². The number of β-amino-alcohol motifs (C(OH)–C–C–N with tert-alkyl or cyclic N) is 1. The number of rotatable bonds is 3. The van der Waals surface area contributed by atoms with Crippen molar-refractivity contribution in [1.29, 1.82) is 0 Å². The van der Waals surface area contributed by atoms with E-state index in [2.05, 4.69) is 16.5 Å². The summed E-state index contributed by atoms with van der Waals surface area (Å²) in [6.07, 6.45) is 0. The molecule has 0 spiro atoms. The molecule has 1 aliphatic rings. The molecule has 0 saturated carbocycles. The van der Waals surface area contributed by atoms with Crippen molar-refractivity contribution in [2.75, 3.05) is 19.7 Å². The maximum Gasteiger partial charge on any atom is 0.262 e. The van der Waals surface area contributed by atoms with Crippen molar-refractivity contribution in [3.05, 3.63) is 34.9 Å². The Labute approximate surface area is 106 Å². The van der Waals surface area contributed by atoms with Gasteiger partial charge in [-0.1, -0.05) is 17.2 Å². The fourth-order valence-corrected chi connectivity index (χ4v) is 2.01. The Kier molecular flexibility index (Phi) is 3.62. The van der Waals surface area contributed by atoms with Crippen LogP contribution in [0.4, 0.5) is 0 Å². The summed E-state index contributed by atoms with van der Waals surface area (Å²) in [6.45, 7) is 4.36. The molecule has 5 heteroatoms. The van der Waals surface area contributed by atoms with Gasteiger partial charge >= 0.3 is 0 Å². The highest BCUT2D eigenvalue weighted by Crippen LogP contribution is 2.11. The van der Waals surface area contributed by atoms with Gasteiger partial charge in [0.15, 0.2) is 0 Å². The second kappa shape index (κ2) is 5.18. The summed E-state index contributed by atoms with van der Waals surface area (Å²) < 4.78 is 0. The first kappa shape index (κ1) is 12.6. The van der Waals surface area contributed by atoms with E-state index in [0.717, 1.165) is 16.7 Å². The van der Waals surface area contributed by atoms with Crippen molar-refractivity contribution in [1.82, 2.24) is 10.4 Å². The molecule has 96 valence electrons. The Morgan fingerprint density at radius 3 is 2.61 bits per heavy atom. The van der Waals surface area contributed by atoms with Crippen LogP contribution in [0.25, 0.3) is 0 Å². The number of nitrogens with one attached hydrogen (secondary N) is 1. The van der Waals surface area contributed by atoms with Crippen molar-refractivity contribution in [3.63, 3.8) is 0 Å². The second-order valence-corrected chi connectivity index (χ2v) is 4.42. The lowest BCUT2D eigenvalue weighted by Gasteiger charge is -2.27. The minimum absolute atomic E-state index is 0.0706. The molecule has 0 bridgehead atoms. The van der Waals surface area contributed by atoms with E-state index >= 15 is 0 Å². The molecule has 1 amide bonds. The molecular weight excluding hydrogens is 230 g/mol. The highest BCUT2D eigenvalue weighted by atomic mass is 16.3. The molecule has 1 aromatic carbocycles. The van der Waals surface area contributed by atoms with Gasteiger partial charge in [0.2, 0.25) is 0 Å². The molecule has 2 rings (SSSR count). The molecule has 1 aliphatic heterocycles. The molecule has 18 heavy (non-hydrogen) atoms. The molecular formula is C13H17N3O2. The third-order valence-corrected chi connectivity index (χ3v) is 2.73. The van der Waals surface area contributed by atoms with Crippen LogP contribution in [-0.4, -0.2) is 41.6 Å². The van der Waals surface area contributed by atoms with Crippen molar-refractivity contribution in [3.8, 4) is 0 Å². The van der Waals surface area contributed by atoms with Crippen molar-refractivity contribution < 1.29 is 9.90 Å². The Morgan fingerprint density at radius 1 is 1.33 bits per heavy atom. The summed E-state index contributed by atoms with van der Waals surface area (Å²) in [7, 11) is 0. The van der Waals surface area contributed by atoms with Crippen LogP contribution in [0, 0.1) is 13.8 Å². The maximum absolute atomic E-state index is 11.5. The lowest BCUT2D eigenvalue weighted by Crippen LogP contribution is -2.52. The number of hydrazine groups is 1. The van der Waals surface area contributed by atoms with Gasteiger partial charge in [-0.15, -0.1) is 0 Å². The highest BCUT2D eigenvalue weighted by molar-refractivity contribution is 6.02. The zero-order valence-electron chi connectivity index (χ0n) is 10.6. The molecule has 1 heterocycles. The third-order valence-electron chi connectivity index (χ3n) is 2.73. The lowest BCUT2D eigenvalue weighted by molar-refractivity contribution is -0.132. The number of amides is 1. The molecule has 0 saturated heterocycles. The molecule has 0 aliphatic carbocycles. The van der Waals surface area contributed by atoms with Gasteiger partial charge in [-0.05, 0) is 26.0 Å². The predicted octanol–water partition coefficient (Wildman–Crippen LogP) is 0.389. The van der Waals surface area contributed by atoms with Gasteiger partial charge in [-0.25, -0.2) is 0 Å². The molecule has 2 N–H and O–H groups in total. The summed E-state index contributed by atoms with van der Waals surface area (Å²) >= 11 is 0. The minimum Gasteiger partial charge on any atom is -0.394 e. The average Bonchev–Trinajstić information content (AvgIpc) is 2.31. The number of aryl methyl sites for hydroxylation is 2. The molecule has 0 unspecified atom stereocenters. The monoisotopic (exact) mass is 247 g/mol. The molecule has 0 fully saturated rings. The summed E-state index contributed by atoms with van der Waals surface area (Å²) in [5, 5.41) is 10.3. The number of carbonyl (C=O) groups excluding carboxylic acids is 1. The topological polar surface area (TPSA) is 64.9 Å². The average molecular weight is 247 g/mol. The Balaban J connectivity index is 2.25. The van der Waals surface area contributed by atoms with E-state index in [1.807, 2.05) is 26.0 Å². The zero-order valence-corrected chi connectivity index (χ0v) is 10.6. The van der Waals surface area contributed by atoms with E-state index in [4.69, 9.17) is 5.11 Å². The molecule has 0 atom stereocenters. The predicted molar refractivity (Wildman–Crippen MR) is 69.3 cm³/mol. The van der Waals surface area contributed by atoms with E-state index in [0.29, 0.717) is 5.84 Å². The number of hydrogen-bond acceptors (Lipinski definition) is 4. The lowest BCUT2D eigenvalue weighted by atomic mass is 10.1. The number of amidine groups is 1. The first-order valence-corrected chi connectivity index (χ1v) is 5.91. The van der Waals surface area contributed by atoms with Crippen LogP contribution < -0.4 is 5.43 Å². The number of aliphatic imine (C=N–C) groups is 1. The van der Waals surface area contributed by atoms with Crippen LogP contribution >= 0.6 is 0 Å². The second-order valence-electron chi connectivity index (χ2n) is 4.42. The SMILES string of the molecule is Cc1cc(C)cc(C2=NCC(=O)N(CCO)N2)c1. The zero-order chi connectivity index (χ0) is 13.1. The van der Waals surface area contributed by atoms with E-state index < -0.39 is 0 Å². The number of aliphatic hydroxyl groups excluding tert-OH is 1. The van der Waals surface area contributed by atoms with Gasteiger partial charge < -0.3 is 5.11 Å². The normalized spacial score (nSPS) is 15.4. The van der Waals surface area contributed by atoms with Crippen LogP contribution in [0.1, 0.15) is 16.7 Å². The molecule has 5 nitrogen and oxygen atoms in total. The Hall–Kier alpha value is -1.88. The smallest absolute Gasteiger partial charge is 0.262 e. The van der Waals surface area contributed by atoms with Crippen LogP contribution in [-0.2, 0) is 4.79 Å². The van der Waals surface area contributed by atoms with Gasteiger partial charge in [-0.3, -0.25) is 20.2 Å². The molecule has 0 aromatic heterocycles. The summed E-state index contributed by atoms with van der Waals surface area (Å²) in [6, 6.07) is 6.13. The number of nitrogens with zero attached hydrogens (tertiary/aromatic N) is 2. The third kappa shape index (κ3) is 2.68. The van der Waals surface area contributed by atoms with Crippen molar-refractivity contribution in [2.24, 2.45) is 4.99 Å². The fourth-order valence-electron chi connectivity index (χ4n) is 2.01. The molecule has 1 aromatic rings. The van der Waals surface area contributed by atoms with E-state index in [-0.39, 0.29) is 25.6 Å². The van der Waals surface area contributed by atoms with E-state index in [9.17, 15) is 4.79 Å². The standard InChI is InChI=1S/C13H17N3O2/c1-9-5-10(2)7-11(6-9)13-14-8-12(18)16(15-13)3-4-17/h5-7,17H,3-4,8H2,1-2H3,(H,14,15). The van der Waals surface area contributed by atoms with Crippen LogP contribution in [0.5, 0.6) is 0 Å². The minimum atomic E-state index is -0.128. The van der Waals surface area contributed by atoms with E-state index in [1.165, 1.54) is 5.01 Å². The summed E-state index contributed by atoms with van der Waals surface area (Å²) in [4.78, 5) is 15.8. The van der Waals surface area contributed by atoms with Gasteiger partial charge in [-0.2, -0.15) is 0 Å². The quantitative estimate of drug-likeness (QED) is 0.812. The van der Waals surface area contributed by atoms with Gasteiger partial charge in [0, 0.05) is 5.56 Å². The largest absolute Gasteiger partial charge is 0.394 e. The number of carbonyl (C=O) groups is 1. The number of benzene rings is 1. The van der Waals surface area contributed by atoms with E-state index in [1.54, 1.807) is 0 Å². The van der Waals surface area contributed by atoms with Crippen molar-refractivity contribution >= 4 is 11.7 Å². The fraction of sp³-hybridized carbons (Fsp3) is 0.385. The first-order valence-electron chi connectivity index (χ1n) is 5.91. The van der Waals surface area contributed by atoms with Crippen LogP contribution in [0.3, 0.4) is 0 Å². The maximum atomic E-state index is 11.5. The Morgan fingerprint density at radius 2 is 2.00 bits per heavy atom. The molecule has 0 radical (unpaired) electrons. The highest BCUT2D eigenvalue weighted by Gasteiger charge is 2.20. The Bertz CT molecular complexity index is 477. The summed E-state index contributed by atoms with van der Waals surface area (Å²) in [5.74, 6) is 0.548. The number of aliphatic hydroxyl groups is 1. The van der Waals surface area contributed by atoms with Gasteiger partial charge in [0.25, 0.3) is 5.91 Å². The first-order chi connectivity index (χ1) is 8.60. The number of hydrogen-bond donors (Lipinski definition) is 2. The van der Waals surface area contributed by atoms with Crippen LogP contribution in [0.15, 0.2) is 23.2 Å². The van der Waals surface area contributed by atoms with Crippen molar-refractivity contribution in [2.45, 2.75) is 13.8 Å². The van der Waals surface area contributed by atoms with Gasteiger partial charge in [0.1, 0.15) is 12.4 Å². The summed E-state index contributed by atoms with van der Waals surface area (Å²) in [5.41, 5.74) is 6.22. The van der Waals surface area contributed by atoms with Gasteiger partial charge in [0.05, 0.1) is 13.2 Å².